The van der Waals surface area contributed by atoms with E-state index in [9.17, 15) is 17.6 Å². The molecule has 1 aromatic rings. The van der Waals surface area contributed by atoms with Crippen LogP contribution in [0, 0.1) is 18.7 Å². The van der Waals surface area contributed by atoms with Gasteiger partial charge in [-0.3, -0.25) is 4.79 Å². The topological polar surface area (TPSA) is 63.2 Å². The molecule has 0 bridgehead atoms. The molecule has 1 amide bonds. The smallest absolute Gasteiger partial charge is 0.261 e. The third-order valence-electron chi connectivity index (χ3n) is 3.06. The molecule has 0 aliphatic carbocycles. The van der Waals surface area contributed by atoms with Crippen LogP contribution in [0.5, 0.6) is 0 Å². The number of halogens is 2. The largest absolute Gasteiger partial charge is 0.352 e. The average Bonchev–Trinajstić information content (AvgIpc) is 2.37. The number of rotatable bonds is 5. The summed E-state index contributed by atoms with van der Waals surface area (Å²) in [5.74, 6) is -1.13. The Kier molecular flexibility index (Phi) is 5.53. The van der Waals surface area contributed by atoms with Crippen molar-refractivity contribution >= 4 is 25.6 Å². The van der Waals surface area contributed by atoms with Crippen LogP contribution in [0.25, 0.3) is 0 Å². The Balaban J connectivity index is 3.11. The number of nitrogens with one attached hydrogen (secondary N) is 1. The van der Waals surface area contributed by atoms with Gasteiger partial charge in [-0.15, -0.1) is 0 Å². The zero-order valence-electron chi connectivity index (χ0n) is 11.5. The molecule has 0 aliphatic heterocycles. The Labute approximate surface area is 122 Å². The van der Waals surface area contributed by atoms with Gasteiger partial charge in [-0.05, 0) is 30.5 Å². The van der Waals surface area contributed by atoms with E-state index < -0.39 is 20.8 Å². The van der Waals surface area contributed by atoms with Crippen LogP contribution in [0.15, 0.2) is 17.0 Å². The van der Waals surface area contributed by atoms with Crippen molar-refractivity contribution in [2.75, 3.05) is 6.54 Å². The molecule has 0 aromatic heterocycles. The van der Waals surface area contributed by atoms with Crippen molar-refractivity contribution in [3.05, 3.63) is 29.1 Å². The summed E-state index contributed by atoms with van der Waals surface area (Å²) in [5.41, 5.74) is -0.257. The van der Waals surface area contributed by atoms with Crippen molar-refractivity contribution in [3.8, 4) is 0 Å². The van der Waals surface area contributed by atoms with Gasteiger partial charge in [0.15, 0.2) is 0 Å². The number of hydrogen-bond acceptors (Lipinski definition) is 3. The quantitative estimate of drug-likeness (QED) is 0.848. The van der Waals surface area contributed by atoms with Crippen LogP contribution in [-0.4, -0.2) is 20.9 Å². The number of aryl methyl sites for hydroxylation is 1. The van der Waals surface area contributed by atoms with Gasteiger partial charge in [-0.1, -0.05) is 20.3 Å². The van der Waals surface area contributed by atoms with Gasteiger partial charge in [0.25, 0.3) is 15.0 Å². The predicted octanol–water partition coefficient (Wildman–Crippen LogP) is 2.84. The molecule has 20 heavy (non-hydrogen) atoms. The SMILES string of the molecule is CCC(C)CNC(=O)c1cc(S(=O)(=O)Cl)cc(C)c1F. The molecule has 1 aromatic carbocycles. The third-order valence-corrected chi connectivity index (χ3v) is 4.40. The fourth-order valence-electron chi connectivity index (χ4n) is 1.55. The number of carbonyl (C=O) groups excluding carboxylic acids is 1. The average molecular weight is 322 g/mol. The molecular weight excluding hydrogens is 305 g/mol. The second-order valence-corrected chi connectivity index (χ2v) is 7.33. The van der Waals surface area contributed by atoms with Gasteiger partial charge in [-0.2, -0.15) is 0 Å². The molecule has 1 atom stereocenters. The highest BCUT2D eigenvalue weighted by Gasteiger charge is 2.20. The fraction of sp³-hybridized carbons (Fsp3) is 0.462. The van der Waals surface area contributed by atoms with Crippen LogP contribution in [0.3, 0.4) is 0 Å². The van der Waals surface area contributed by atoms with Gasteiger partial charge >= 0.3 is 0 Å². The summed E-state index contributed by atoms with van der Waals surface area (Å²) in [7, 11) is 1.22. The molecule has 7 heteroatoms. The fourth-order valence-corrected chi connectivity index (χ4v) is 2.39. The first kappa shape index (κ1) is 16.9. The van der Waals surface area contributed by atoms with Gasteiger partial charge < -0.3 is 5.32 Å². The predicted molar refractivity (Wildman–Crippen MR) is 76.0 cm³/mol. The highest BCUT2D eigenvalue weighted by Crippen LogP contribution is 2.22. The van der Waals surface area contributed by atoms with Crippen LogP contribution in [0.4, 0.5) is 4.39 Å². The van der Waals surface area contributed by atoms with E-state index in [2.05, 4.69) is 5.32 Å². The molecule has 0 heterocycles. The first-order valence-corrected chi connectivity index (χ1v) is 8.50. The van der Waals surface area contributed by atoms with Gasteiger partial charge in [0, 0.05) is 17.2 Å². The summed E-state index contributed by atoms with van der Waals surface area (Å²) in [6.07, 6.45) is 0.873. The number of carbonyl (C=O) groups is 1. The molecule has 0 aliphatic rings. The van der Waals surface area contributed by atoms with Gasteiger partial charge in [0.2, 0.25) is 0 Å². The first-order valence-electron chi connectivity index (χ1n) is 6.19. The zero-order chi connectivity index (χ0) is 15.5. The second kappa shape index (κ2) is 6.54. The molecular formula is C13H17ClFNO3S. The number of benzene rings is 1. The van der Waals surface area contributed by atoms with E-state index in [0.29, 0.717) is 6.54 Å². The molecule has 1 unspecified atom stereocenters. The Bertz CT molecular complexity index is 616. The molecule has 1 N–H and O–H groups in total. The summed E-state index contributed by atoms with van der Waals surface area (Å²) in [6, 6.07) is 2.06. The second-order valence-electron chi connectivity index (χ2n) is 4.76. The van der Waals surface area contributed by atoms with E-state index in [1.807, 2.05) is 13.8 Å². The standard InChI is InChI=1S/C13H17ClFNO3S/c1-4-8(2)7-16-13(17)11-6-10(20(14,18)19)5-9(3)12(11)15/h5-6,8H,4,7H2,1-3H3,(H,16,17). The molecule has 112 valence electrons. The lowest BCUT2D eigenvalue weighted by Crippen LogP contribution is -2.29. The number of amides is 1. The molecule has 0 saturated heterocycles. The van der Waals surface area contributed by atoms with Gasteiger partial charge in [0.1, 0.15) is 5.82 Å². The minimum Gasteiger partial charge on any atom is -0.352 e. The Hall–Kier alpha value is -1.14. The maximum atomic E-state index is 13.9. The van der Waals surface area contributed by atoms with Crippen molar-refractivity contribution < 1.29 is 17.6 Å². The van der Waals surface area contributed by atoms with Crippen molar-refractivity contribution in [2.24, 2.45) is 5.92 Å². The first-order chi connectivity index (χ1) is 9.16. The van der Waals surface area contributed by atoms with E-state index in [-0.39, 0.29) is 21.9 Å². The lowest BCUT2D eigenvalue weighted by atomic mass is 10.1. The molecule has 4 nitrogen and oxygen atoms in total. The maximum Gasteiger partial charge on any atom is 0.261 e. The monoisotopic (exact) mass is 321 g/mol. The highest BCUT2D eigenvalue weighted by atomic mass is 35.7. The summed E-state index contributed by atoms with van der Waals surface area (Å²) in [6.45, 7) is 5.70. The van der Waals surface area contributed by atoms with Crippen LogP contribution < -0.4 is 5.32 Å². The molecule has 1 rings (SSSR count). The molecule has 0 saturated carbocycles. The molecule has 0 radical (unpaired) electrons. The van der Waals surface area contributed by atoms with Crippen LogP contribution >= 0.6 is 10.7 Å². The van der Waals surface area contributed by atoms with Crippen molar-refractivity contribution in [3.63, 3.8) is 0 Å². The number of hydrogen-bond donors (Lipinski definition) is 1. The van der Waals surface area contributed by atoms with E-state index in [1.165, 1.54) is 6.92 Å². The summed E-state index contributed by atoms with van der Waals surface area (Å²) < 4.78 is 36.5. The van der Waals surface area contributed by atoms with Crippen molar-refractivity contribution in [1.29, 1.82) is 0 Å². The molecule has 0 spiro atoms. The summed E-state index contributed by atoms with van der Waals surface area (Å²) in [5, 5.41) is 2.58. The van der Waals surface area contributed by atoms with Crippen molar-refractivity contribution in [1.82, 2.24) is 5.32 Å². The van der Waals surface area contributed by atoms with Gasteiger partial charge in [0.05, 0.1) is 10.5 Å². The van der Waals surface area contributed by atoms with E-state index >= 15 is 0 Å². The van der Waals surface area contributed by atoms with E-state index in [0.717, 1.165) is 18.6 Å². The maximum absolute atomic E-state index is 13.9. The third kappa shape index (κ3) is 4.18. The lowest BCUT2D eigenvalue weighted by Gasteiger charge is -2.12. The van der Waals surface area contributed by atoms with Crippen LogP contribution in [-0.2, 0) is 9.05 Å². The summed E-state index contributed by atoms with van der Waals surface area (Å²) >= 11 is 0. The minimum atomic E-state index is -4.01. The zero-order valence-corrected chi connectivity index (χ0v) is 13.1. The van der Waals surface area contributed by atoms with Crippen LogP contribution in [0.1, 0.15) is 36.2 Å². The minimum absolute atomic E-state index is 0.0559. The Morgan fingerprint density at radius 1 is 1.45 bits per heavy atom. The molecule has 0 fully saturated rings. The lowest BCUT2D eigenvalue weighted by molar-refractivity contribution is 0.0943. The van der Waals surface area contributed by atoms with E-state index in [4.69, 9.17) is 10.7 Å². The summed E-state index contributed by atoms with van der Waals surface area (Å²) in [4.78, 5) is 11.6. The Morgan fingerprint density at radius 2 is 2.05 bits per heavy atom. The van der Waals surface area contributed by atoms with E-state index in [1.54, 1.807) is 0 Å². The Morgan fingerprint density at radius 3 is 2.55 bits per heavy atom. The van der Waals surface area contributed by atoms with Crippen molar-refractivity contribution in [2.45, 2.75) is 32.1 Å². The van der Waals surface area contributed by atoms with Gasteiger partial charge in [-0.25, -0.2) is 12.8 Å². The highest BCUT2D eigenvalue weighted by molar-refractivity contribution is 8.13. The van der Waals surface area contributed by atoms with Crippen LogP contribution in [0.2, 0.25) is 0 Å². The normalized spacial score (nSPS) is 13.1.